The number of rotatable bonds is 8. The molecule has 34 heavy (non-hydrogen) atoms. The Balaban J connectivity index is 1.72. The van der Waals surface area contributed by atoms with Crippen molar-refractivity contribution in [3.63, 3.8) is 0 Å². The van der Waals surface area contributed by atoms with Gasteiger partial charge in [0, 0.05) is 11.8 Å². The van der Waals surface area contributed by atoms with E-state index in [4.69, 9.17) is 0 Å². The molecule has 5 heteroatoms. The standard InChI is InChI=1S/C29H30N2O3/c1-4-20(5-2)18-21-13-15-23(16-14-21)26(32)24-25(22-11-7-6-8-12-22)31(29(34)27(24)33)28-19(3)10-9-17-30-28/h6-17,20,24-25H,4-5,18H2,1-3H3. The molecule has 2 aromatic carbocycles. The first-order valence-electron chi connectivity index (χ1n) is 11.9. The third kappa shape index (κ3) is 4.43. The van der Waals surface area contributed by atoms with Gasteiger partial charge in [0.05, 0.1) is 6.04 Å². The first kappa shape index (κ1) is 23.6. The fraction of sp³-hybridized carbons (Fsp3) is 0.310. The van der Waals surface area contributed by atoms with Gasteiger partial charge < -0.3 is 0 Å². The van der Waals surface area contributed by atoms with Gasteiger partial charge in [0.15, 0.2) is 5.78 Å². The van der Waals surface area contributed by atoms with Crippen molar-refractivity contribution in [3.05, 3.63) is 95.2 Å². The SMILES string of the molecule is CCC(CC)Cc1ccc(C(=O)C2C(=O)C(=O)N(c3ncccc3C)C2c2ccccc2)cc1. The van der Waals surface area contributed by atoms with Crippen molar-refractivity contribution in [2.45, 2.75) is 46.1 Å². The molecule has 0 N–H and O–H groups in total. The first-order chi connectivity index (χ1) is 16.5. The van der Waals surface area contributed by atoms with Gasteiger partial charge in [-0.15, -0.1) is 0 Å². The predicted molar refractivity (Wildman–Crippen MR) is 133 cm³/mol. The zero-order chi connectivity index (χ0) is 24.2. The summed E-state index contributed by atoms with van der Waals surface area (Å²) in [6.07, 6.45) is 4.77. The van der Waals surface area contributed by atoms with Crippen LogP contribution < -0.4 is 4.90 Å². The molecule has 0 aliphatic carbocycles. The minimum Gasteiger partial charge on any atom is -0.293 e. The lowest BCUT2D eigenvalue weighted by Gasteiger charge is -2.27. The topological polar surface area (TPSA) is 67.3 Å². The summed E-state index contributed by atoms with van der Waals surface area (Å²) < 4.78 is 0. The quantitative estimate of drug-likeness (QED) is 0.255. The Kier molecular flexibility index (Phi) is 7.01. The number of hydrogen-bond acceptors (Lipinski definition) is 4. The van der Waals surface area contributed by atoms with Crippen LogP contribution in [0.2, 0.25) is 0 Å². The van der Waals surface area contributed by atoms with Crippen LogP contribution in [0.3, 0.4) is 0 Å². The number of ketones is 2. The van der Waals surface area contributed by atoms with Crippen LogP contribution in [0.25, 0.3) is 0 Å². The Bertz CT molecular complexity index is 1180. The summed E-state index contributed by atoms with van der Waals surface area (Å²) in [5.74, 6) is -1.83. The second kappa shape index (κ2) is 10.1. The minimum absolute atomic E-state index is 0.336. The van der Waals surface area contributed by atoms with Crippen molar-refractivity contribution in [3.8, 4) is 0 Å². The van der Waals surface area contributed by atoms with Crippen molar-refractivity contribution in [2.24, 2.45) is 11.8 Å². The Hall–Kier alpha value is -3.60. The van der Waals surface area contributed by atoms with Gasteiger partial charge in [0.2, 0.25) is 5.78 Å². The fourth-order valence-corrected chi connectivity index (χ4v) is 4.78. The van der Waals surface area contributed by atoms with E-state index < -0.39 is 23.7 Å². The molecule has 0 spiro atoms. The maximum atomic E-state index is 13.7. The van der Waals surface area contributed by atoms with E-state index in [-0.39, 0.29) is 5.78 Å². The highest BCUT2D eigenvalue weighted by Crippen LogP contribution is 2.41. The lowest BCUT2D eigenvalue weighted by Crippen LogP contribution is -2.31. The second-order valence-electron chi connectivity index (χ2n) is 8.96. The van der Waals surface area contributed by atoms with Crippen LogP contribution in [0.1, 0.15) is 59.8 Å². The molecule has 2 atom stereocenters. The number of carbonyl (C=O) groups is 3. The van der Waals surface area contributed by atoms with Gasteiger partial charge >= 0.3 is 0 Å². The van der Waals surface area contributed by atoms with Crippen LogP contribution in [0.15, 0.2) is 72.9 Å². The molecule has 4 rings (SSSR count). The highest BCUT2D eigenvalue weighted by atomic mass is 16.2. The number of benzene rings is 2. The molecular weight excluding hydrogens is 424 g/mol. The van der Waals surface area contributed by atoms with Crippen LogP contribution in [0.4, 0.5) is 5.82 Å². The molecular formula is C29H30N2O3. The van der Waals surface area contributed by atoms with Gasteiger partial charge in [-0.2, -0.15) is 0 Å². The molecule has 0 radical (unpaired) electrons. The summed E-state index contributed by atoms with van der Waals surface area (Å²) in [4.78, 5) is 45.9. The van der Waals surface area contributed by atoms with E-state index in [2.05, 4.69) is 18.8 Å². The van der Waals surface area contributed by atoms with Crippen molar-refractivity contribution in [1.82, 2.24) is 4.98 Å². The average Bonchev–Trinajstić information content (AvgIpc) is 3.13. The molecule has 174 valence electrons. The molecule has 0 saturated carbocycles. The maximum Gasteiger partial charge on any atom is 0.297 e. The molecule has 5 nitrogen and oxygen atoms in total. The Morgan fingerprint density at radius 1 is 0.941 bits per heavy atom. The number of carbonyl (C=O) groups excluding carboxylic acids is 3. The summed E-state index contributed by atoms with van der Waals surface area (Å²) in [7, 11) is 0. The third-order valence-corrected chi connectivity index (χ3v) is 6.86. The van der Waals surface area contributed by atoms with Crippen LogP contribution in [-0.2, 0) is 16.0 Å². The van der Waals surface area contributed by atoms with E-state index in [1.54, 1.807) is 24.4 Å². The Morgan fingerprint density at radius 3 is 2.24 bits per heavy atom. The van der Waals surface area contributed by atoms with Gasteiger partial charge in [0.1, 0.15) is 11.7 Å². The number of nitrogens with zero attached hydrogens (tertiary/aromatic N) is 2. The zero-order valence-electron chi connectivity index (χ0n) is 19.9. The summed E-state index contributed by atoms with van der Waals surface area (Å²) in [5, 5.41) is 0. The molecule has 0 bridgehead atoms. The van der Waals surface area contributed by atoms with E-state index in [0.29, 0.717) is 17.3 Å². The number of aromatic nitrogens is 1. The maximum absolute atomic E-state index is 13.7. The van der Waals surface area contributed by atoms with Crippen molar-refractivity contribution < 1.29 is 14.4 Å². The van der Waals surface area contributed by atoms with Crippen molar-refractivity contribution >= 4 is 23.3 Å². The van der Waals surface area contributed by atoms with Gasteiger partial charge in [0.25, 0.3) is 5.91 Å². The number of hydrogen-bond donors (Lipinski definition) is 0. The Morgan fingerprint density at radius 2 is 1.62 bits per heavy atom. The molecule has 3 aromatic rings. The first-order valence-corrected chi connectivity index (χ1v) is 11.9. The smallest absolute Gasteiger partial charge is 0.293 e. The van der Waals surface area contributed by atoms with Gasteiger partial charge in [-0.05, 0) is 42.0 Å². The van der Waals surface area contributed by atoms with Gasteiger partial charge in [-0.3, -0.25) is 19.3 Å². The fourth-order valence-electron chi connectivity index (χ4n) is 4.78. The molecule has 1 aliphatic heterocycles. The van der Waals surface area contributed by atoms with Crippen molar-refractivity contribution in [1.29, 1.82) is 0 Å². The van der Waals surface area contributed by atoms with Gasteiger partial charge in [-0.25, -0.2) is 4.98 Å². The van der Waals surface area contributed by atoms with E-state index >= 15 is 0 Å². The van der Waals surface area contributed by atoms with E-state index in [1.165, 1.54) is 10.5 Å². The summed E-state index contributed by atoms with van der Waals surface area (Å²) >= 11 is 0. The molecule has 1 amide bonds. The van der Waals surface area contributed by atoms with Crippen molar-refractivity contribution in [2.75, 3.05) is 4.90 Å². The van der Waals surface area contributed by atoms with Crippen LogP contribution in [0, 0.1) is 18.8 Å². The molecule has 1 saturated heterocycles. The molecule has 2 heterocycles. The second-order valence-corrected chi connectivity index (χ2v) is 8.96. The molecule has 1 fully saturated rings. The van der Waals surface area contributed by atoms with Crippen LogP contribution in [-0.4, -0.2) is 22.5 Å². The minimum atomic E-state index is -1.12. The van der Waals surface area contributed by atoms with E-state index in [0.717, 1.165) is 30.4 Å². The third-order valence-electron chi connectivity index (χ3n) is 6.86. The number of aryl methyl sites for hydroxylation is 1. The largest absolute Gasteiger partial charge is 0.297 e. The summed E-state index contributed by atoms with van der Waals surface area (Å²) in [6, 6.07) is 19.6. The van der Waals surface area contributed by atoms with E-state index in [9.17, 15) is 14.4 Å². The normalized spacial score (nSPS) is 18.1. The Labute approximate surface area is 200 Å². The van der Waals surface area contributed by atoms with E-state index in [1.807, 2.05) is 55.5 Å². The number of amides is 1. The van der Waals surface area contributed by atoms with Gasteiger partial charge in [-0.1, -0.05) is 87.4 Å². The molecule has 1 aromatic heterocycles. The highest BCUT2D eigenvalue weighted by molar-refractivity contribution is 6.48. The summed E-state index contributed by atoms with van der Waals surface area (Å²) in [5.41, 5.74) is 3.11. The number of Topliss-reactive ketones (excluding diaryl/α,β-unsaturated/α-hetero) is 2. The highest BCUT2D eigenvalue weighted by Gasteiger charge is 2.53. The number of anilines is 1. The lowest BCUT2D eigenvalue weighted by atomic mass is 9.85. The average molecular weight is 455 g/mol. The predicted octanol–water partition coefficient (Wildman–Crippen LogP) is 5.52. The lowest BCUT2D eigenvalue weighted by molar-refractivity contribution is -0.135. The molecule has 1 aliphatic rings. The number of pyridine rings is 1. The van der Waals surface area contributed by atoms with Crippen LogP contribution >= 0.6 is 0 Å². The summed E-state index contributed by atoms with van der Waals surface area (Å²) in [6.45, 7) is 6.22. The van der Waals surface area contributed by atoms with Crippen LogP contribution in [0.5, 0.6) is 0 Å². The monoisotopic (exact) mass is 454 g/mol. The molecule has 2 unspecified atom stereocenters. The zero-order valence-corrected chi connectivity index (χ0v) is 19.9.